The molecule has 0 aromatic heterocycles. The smallest absolute Gasteiger partial charge is 0.377 e. The summed E-state index contributed by atoms with van der Waals surface area (Å²) in [5, 5.41) is 101. The zero-order valence-corrected chi connectivity index (χ0v) is 28.0. The normalized spacial score (nSPS) is 20.2. The van der Waals surface area contributed by atoms with Gasteiger partial charge in [-0.05, 0) is 20.5 Å². The van der Waals surface area contributed by atoms with Crippen LogP contribution in [0.5, 0.6) is 0 Å². The number of β-amino-alcohol motifs (C(OH)–C–C–N with tert-alkyl or cyclic N) is 4. The van der Waals surface area contributed by atoms with Crippen molar-refractivity contribution in [3.63, 3.8) is 0 Å². The van der Waals surface area contributed by atoms with Crippen LogP contribution in [0.3, 0.4) is 0 Å². The number of hydrogen-bond donors (Lipinski definition) is 13. The van der Waals surface area contributed by atoms with Gasteiger partial charge < -0.3 is 90.6 Å². The predicted octanol–water partition coefficient (Wildman–Crippen LogP) is -7.82. The minimum Gasteiger partial charge on any atom is -0.437 e. The third kappa shape index (κ3) is 30.6. The Morgan fingerprint density at radius 2 is 1.09 bits per heavy atom. The quantitative estimate of drug-likeness (QED) is 0.0430. The molecule has 0 saturated carbocycles. The predicted molar refractivity (Wildman–Crippen MR) is 166 cm³/mol. The number of carbonyl (C=O) groups is 2. The maximum atomic E-state index is 9.93. The Morgan fingerprint density at radius 1 is 0.711 bits per heavy atom. The first-order valence-corrected chi connectivity index (χ1v) is 14.5. The van der Waals surface area contributed by atoms with Crippen LogP contribution in [0, 0.1) is 0 Å². The van der Waals surface area contributed by atoms with Crippen molar-refractivity contribution in [1.29, 1.82) is 0 Å². The van der Waals surface area contributed by atoms with E-state index in [1.54, 1.807) is 23.3 Å². The van der Waals surface area contributed by atoms with Gasteiger partial charge in [0, 0.05) is 84.0 Å². The number of nitrogens with one attached hydrogen (secondary N) is 2. The Labute approximate surface area is 279 Å². The Bertz CT molecular complexity index is 617. The van der Waals surface area contributed by atoms with Crippen LogP contribution in [-0.4, -0.2) is 220 Å². The van der Waals surface area contributed by atoms with Gasteiger partial charge in [-0.1, -0.05) is 0 Å². The van der Waals surface area contributed by atoms with Gasteiger partial charge in [0.25, 0.3) is 0 Å². The molecule has 0 amide bonds. The van der Waals surface area contributed by atoms with E-state index in [-0.39, 0.29) is 58.1 Å². The van der Waals surface area contributed by atoms with Crippen LogP contribution in [0.15, 0.2) is 0 Å². The largest absolute Gasteiger partial charge is 0.437 e. The van der Waals surface area contributed by atoms with E-state index in [0.29, 0.717) is 64.9 Å². The molecule has 265 valence electrons. The summed E-state index contributed by atoms with van der Waals surface area (Å²) in [6.07, 6.45) is -1.18. The van der Waals surface area contributed by atoms with Crippen molar-refractivity contribution in [2.75, 3.05) is 91.9 Å². The summed E-state index contributed by atoms with van der Waals surface area (Å²) in [5.41, 5.74) is 0. The van der Waals surface area contributed by atoms with E-state index in [1.165, 1.54) is 11.6 Å². The minimum absolute atomic E-state index is 0. The third-order valence-electron chi connectivity index (χ3n) is 5.99. The van der Waals surface area contributed by atoms with Gasteiger partial charge in [0.05, 0.1) is 50.8 Å². The van der Waals surface area contributed by atoms with Crippen LogP contribution in [0.1, 0.15) is 0 Å². The number of aliphatic hydroxyl groups is 8. The van der Waals surface area contributed by atoms with Crippen LogP contribution in [0.2, 0.25) is 20.5 Å². The molecule has 2 saturated heterocycles. The molecule has 22 heteroatoms. The minimum atomic E-state index is -0.740. The molecule has 18 nitrogen and oxygen atoms in total. The van der Waals surface area contributed by atoms with Crippen molar-refractivity contribution >= 4 is 33.7 Å². The molecule has 0 spiro atoms. The fraction of sp³-hybridized carbons (Fsp3) is 0.913. The summed E-state index contributed by atoms with van der Waals surface area (Å²) >= 11 is 0. The average Bonchev–Trinajstić information content (AvgIpc) is 3.52. The summed E-state index contributed by atoms with van der Waals surface area (Å²) in [5.74, 6) is 0. The zero-order chi connectivity index (χ0) is 34.5. The molecule has 2 heterocycles. The molecule has 0 aliphatic carbocycles. The van der Waals surface area contributed by atoms with Gasteiger partial charge in [-0.2, -0.15) is 0 Å². The van der Waals surface area contributed by atoms with Crippen LogP contribution < -0.4 is 10.6 Å². The van der Waals surface area contributed by atoms with Crippen LogP contribution in [0.25, 0.3) is 0 Å². The summed E-state index contributed by atoms with van der Waals surface area (Å²) in [7, 11) is -1.92. The second-order valence-corrected chi connectivity index (χ2v) is 9.74. The number of nitrogens with zero attached hydrogens (tertiary/aromatic N) is 3. The Balaban J connectivity index is -0.000000234. The van der Waals surface area contributed by atoms with E-state index in [1.807, 2.05) is 0 Å². The third-order valence-corrected chi connectivity index (χ3v) is 5.99. The van der Waals surface area contributed by atoms with Gasteiger partial charge in [-0.25, -0.2) is 0 Å². The molecule has 2 aliphatic rings. The molecule has 2 fully saturated rings. The second kappa shape index (κ2) is 34.8. The van der Waals surface area contributed by atoms with Crippen molar-refractivity contribution < 1.29 is 84.1 Å². The summed E-state index contributed by atoms with van der Waals surface area (Å²) in [6.45, 7) is 8.92. The van der Waals surface area contributed by atoms with Crippen LogP contribution in [0.4, 0.5) is 0 Å². The number of rotatable bonds is 15. The Morgan fingerprint density at radius 3 is 1.29 bits per heavy atom. The molecular formula is C23H56B3N5O13V. The van der Waals surface area contributed by atoms with Gasteiger partial charge in [-0.3, -0.25) is 0 Å². The van der Waals surface area contributed by atoms with Gasteiger partial charge in [-0.15, -0.1) is 0 Å². The van der Waals surface area contributed by atoms with Crippen molar-refractivity contribution in [2.45, 2.75) is 44.9 Å². The molecule has 0 bridgehead atoms. The molecule has 13 N–H and O–H groups in total. The van der Waals surface area contributed by atoms with Crippen LogP contribution >= 0.6 is 0 Å². The number of aliphatic hydroxyl groups excluding tert-OH is 8. The van der Waals surface area contributed by atoms with Gasteiger partial charge in [0.2, 0.25) is 0 Å². The molecule has 2 aliphatic heterocycles. The molecule has 1 radical (unpaired) electrons. The maximum Gasteiger partial charge on any atom is 0.377 e. The van der Waals surface area contributed by atoms with Crippen molar-refractivity contribution in [2.24, 2.45) is 0 Å². The number of carbonyl (C=O) groups excluding carboxylic acids is 2. The average molecular weight is 694 g/mol. The molecule has 0 aromatic rings. The Kier molecular flexibility index (Phi) is 39.7. The second-order valence-electron chi connectivity index (χ2n) is 9.74. The fourth-order valence-corrected chi connectivity index (χ4v) is 3.35. The van der Waals surface area contributed by atoms with E-state index >= 15 is 0 Å². The first kappa shape index (κ1) is 51.3. The van der Waals surface area contributed by atoms with Gasteiger partial charge in [0.15, 0.2) is 0 Å². The van der Waals surface area contributed by atoms with Crippen LogP contribution in [-0.2, 0) is 28.1 Å². The van der Waals surface area contributed by atoms with Crippen molar-refractivity contribution in [3.8, 4) is 0 Å². The summed E-state index contributed by atoms with van der Waals surface area (Å²) < 4.78 is 0. The van der Waals surface area contributed by atoms with E-state index in [9.17, 15) is 9.59 Å². The topological polar surface area (TPSA) is 290 Å². The number of hydrogen-bond acceptors (Lipinski definition) is 18. The molecule has 4 atom stereocenters. The van der Waals surface area contributed by atoms with Gasteiger partial charge in [0.1, 0.15) is 12.6 Å². The van der Waals surface area contributed by atoms with E-state index < -0.39 is 45.6 Å². The first-order chi connectivity index (χ1) is 20.8. The standard InChI is InChI=1S/C5H12BNO3.C5H14BNO3.C5H10BNO3.C4H9NO2.C4H11NO2.V/c1-6(10)7-2-4(8)5(9)3-7;2*1-6(10)7(2-4-8)3-5-9;6-3-1-5-2-4(3)7;6-3-1-5-2-4-7;/h4-5,8-10H,2-3H2,1H3;8-10H,2-5H2,1H3;4-5,10H,2-3H2,1H3;3-7H,1-2H2;5-7H,1-4H2;/t4-,5+;;;3-,4+;;. The van der Waals surface area contributed by atoms with Gasteiger partial charge >= 0.3 is 21.2 Å². The fourth-order valence-electron chi connectivity index (χ4n) is 3.35. The molecular weight excluding hydrogens is 638 g/mol. The first-order valence-electron chi connectivity index (χ1n) is 14.5. The van der Waals surface area contributed by atoms with E-state index in [0.717, 1.165) is 0 Å². The SMILES string of the molecule is CB(O)N(CC=O)CC=O.CB(O)N(CCO)CCO.CB(O)N1C[C@@H](O)[C@@H](O)C1.OCCNCCO.O[C@@H]1CNC[C@@H]1O.[V]. The van der Waals surface area contributed by atoms with Crippen molar-refractivity contribution in [3.05, 3.63) is 0 Å². The molecule has 2 rings (SSSR count). The molecule has 0 aromatic carbocycles. The molecule has 45 heavy (non-hydrogen) atoms. The van der Waals surface area contributed by atoms with E-state index in [2.05, 4.69) is 10.6 Å². The monoisotopic (exact) mass is 694 g/mol. The Hall–Kier alpha value is -0.521. The van der Waals surface area contributed by atoms with E-state index in [4.69, 9.17) is 55.9 Å². The zero-order valence-electron chi connectivity index (χ0n) is 26.6. The molecule has 0 unspecified atom stereocenters. The number of aldehydes is 2. The van der Waals surface area contributed by atoms with Crippen molar-refractivity contribution in [1.82, 2.24) is 25.1 Å². The maximum absolute atomic E-state index is 9.93. The summed E-state index contributed by atoms with van der Waals surface area (Å²) in [4.78, 5) is 24.4. The summed E-state index contributed by atoms with van der Waals surface area (Å²) in [6, 6.07) is 0.